The number of hydrogen-bond donors (Lipinski definition) is 0. The van der Waals surface area contributed by atoms with Gasteiger partial charge in [-0.3, -0.25) is 0 Å². The van der Waals surface area contributed by atoms with Gasteiger partial charge in [0.25, 0.3) is 0 Å². The molecule has 0 bridgehead atoms. The summed E-state index contributed by atoms with van der Waals surface area (Å²) in [4.78, 5) is 7.46. The highest BCUT2D eigenvalue weighted by Gasteiger charge is 2.21. The summed E-state index contributed by atoms with van der Waals surface area (Å²) in [5.74, 6) is 0.637. The first-order valence-electron chi connectivity index (χ1n) is 18.8. The molecule has 0 spiro atoms. The Bertz CT molecular complexity index is 3500. The molecule has 5 heteroatoms. The molecule has 0 fully saturated rings. The number of rotatable bonds is 5. The van der Waals surface area contributed by atoms with Crippen molar-refractivity contribution >= 4 is 103 Å². The Balaban J connectivity index is 1.06. The molecule has 0 atom stereocenters. The van der Waals surface area contributed by atoms with E-state index in [0.717, 1.165) is 77.4 Å². The number of oxazole rings is 1. The van der Waals surface area contributed by atoms with Gasteiger partial charge in [0.05, 0.1) is 0 Å². The van der Waals surface area contributed by atoms with Crippen molar-refractivity contribution in [1.82, 2.24) is 4.98 Å². The molecule has 3 aromatic heterocycles. The van der Waals surface area contributed by atoms with Crippen LogP contribution in [0.4, 0.5) is 17.1 Å². The highest BCUT2D eigenvalue weighted by Crippen LogP contribution is 2.46. The van der Waals surface area contributed by atoms with Gasteiger partial charge in [-0.25, -0.2) is 4.98 Å². The molecule has 0 aliphatic heterocycles. The van der Waals surface area contributed by atoms with Gasteiger partial charge in [-0.05, 0) is 94.0 Å². The number of nitrogens with zero attached hydrogens (tertiary/aromatic N) is 2. The van der Waals surface area contributed by atoms with Crippen LogP contribution in [-0.4, -0.2) is 4.98 Å². The summed E-state index contributed by atoms with van der Waals surface area (Å²) in [5, 5.41) is 9.20. The Labute approximate surface area is 325 Å². The van der Waals surface area contributed by atoms with Crippen molar-refractivity contribution in [3.8, 4) is 22.6 Å². The van der Waals surface area contributed by atoms with Crippen molar-refractivity contribution in [2.24, 2.45) is 0 Å². The van der Waals surface area contributed by atoms with Crippen LogP contribution in [0.3, 0.4) is 0 Å². The lowest BCUT2D eigenvalue weighted by atomic mass is 10.0. The first kappa shape index (κ1) is 31.2. The number of thiophene rings is 1. The van der Waals surface area contributed by atoms with Gasteiger partial charge in [0.15, 0.2) is 5.58 Å². The molecule has 0 aliphatic rings. The highest BCUT2D eigenvalue weighted by molar-refractivity contribution is 7.26. The van der Waals surface area contributed by atoms with Gasteiger partial charge in [-0.2, -0.15) is 0 Å². The van der Waals surface area contributed by atoms with E-state index in [2.05, 4.69) is 181 Å². The van der Waals surface area contributed by atoms with Crippen LogP contribution >= 0.6 is 11.3 Å². The third-order valence-corrected chi connectivity index (χ3v) is 12.2. The molecule has 262 valence electrons. The Kier molecular flexibility index (Phi) is 6.76. The van der Waals surface area contributed by atoms with Crippen molar-refractivity contribution < 1.29 is 8.83 Å². The van der Waals surface area contributed by atoms with E-state index in [1.54, 1.807) is 11.3 Å². The standard InChI is InChI=1S/C51H30N2O2S/c1-2-10-31(11-3-1)34-14-8-15-35(28-34)53(36-23-27-43-42(29-36)48-38-16-6-4-12-32(38)20-25-44(48)54-43)37-22-24-40-47(30-37)56-46-19-9-18-41(49(40)46)51-52-50-39-17-7-5-13-33(39)21-26-45(50)55-51/h1-30H. The largest absolute Gasteiger partial charge is 0.456 e. The van der Waals surface area contributed by atoms with Crippen LogP contribution in [0.5, 0.6) is 0 Å². The lowest BCUT2D eigenvalue weighted by Crippen LogP contribution is -2.09. The molecular formula is C51H30N2O2S. The van der Waals surface area contributed by atoms with Crippen molar-refractivity contribution in [3.63, 3.8) is 0 Å². The Hall–Kier alpha value is -7.21. The van der Waals surface area contributed by atoms with Gasteiger partial charge in [-0.1, -0.05) is 115 Å². The van der Waals surface area contributed by atoms with E-state index >= 15 is 0 Å². The maximum atomic E-state index is 6.48. The van der Waals surface area contributed by atoms with E-state index in [1.807, 2.05) is 6.07 Å². The van der Waals surface area contributed by atoms with Crippen LogP contribution in [0.15, 0.2) is 191 Å². The third kappa shape index (κ3) is 4.81. The minimum Gasteiger partial charge on any atom is -0.456 e. The summed E-state index contributed by atoms with van der Waals surface area (Å²) in [7, 11) is 0. The zero-order valence-electron chi connectivity index (χ0n) is 29.9. The number of aromatic nitrogens is 1. The maximum Gasteiger partial charge on any atom is 0.228 e. The maximum absolute atomic E-state index is 6.48. The molecular weight excluding hydrogens is 705 g/mol. The van der Waals surface area contributed by atoms with E-state index in [-0.39, 0.29) is 0 Å². The number of anilines is 3. The first-order valence-corrected chi connectivity index (χ1v) is 19.6. The fourth-order valence-corrected chi connectivity index (χ4v) is 9.65. The fourth-order valence-electron chi connectivity index (χ4n) is 8.48. The zero-order chi connectivity index (χ0) is 36.7. The number of furan rings is 1. The topological polar surface area (TPSA) is 42.4 Å². The second-order valence-corrected chi connectivity index (χ2v) is 15.4. The van der Waals surface area contributed by atoms with Crippen molar-refractivity contribution in [3.05, 3.63) is 182 Å². The molecule has 4 nitrogen and oxygen atoms in total. The Morgan fingerprint density at radius 2 is 1.11 bits per heavy atom. The minimum absolute atomic E-state index is 0.637. The predicted octanol–water partition coefficient (Wildman–Crippen LogP) is 15.2. The third-order valence-electron chi connectivity index (χ3n) is 11.1. The molecule has 56 heavy (non-hydrogen) atoms. The normalized spacial score (nSPS) is 11.9. The van der Waals surface area contributed by atoms with Gasteiger partial charge >= 0.3 is 0 Å². The molecule has 0 unspecified atom stereocenters. The van der Waals surface area contributed by atoms with Gasteiger partial charge in [0, 0.05) is 59.0 Å². The summed E-state index contributed by atoms with van der Waals surface area (Å²) < 4.78 is 15.3. The van der Waals surface area contributed by atoms with E-state index in [0.29, 0.717) is 5.89 Å². The molecule has 9 aromatic carbocycles. The smallest absolute Gasteiger partial charge is 0.228 e. The molecule has 0 saturated heterocycles. The summed E-state index contributed by atoms with van der Waals surface area (Å²) in [6.07, 6.45) is 0. The van der Waals surface area contributed by atoms with E-state index in [9.17, 15) is 0 Å². The van der Waals surface area contributed by atoms with Crippen molar-refractivity contribution in [2.45, 2.75) is 0 Å². The molecule has 12 rings (SSSR count). The molecule has 3 heterocycles. The van der Waals surface area contributed by atoms with Crippen LogP contribution in [0.1, 0.15) is 0 Å². The van der Waals surface area contributed by atoms with Crippen LogP contribution in [0, 0.1) is 0 Å². The van der Waals surface area contributed by atoms with E-state index in [4.69, 9.17) is 13.8 Å². The quantitative estimate of drug-likeness (QED) is 0.177. The van der Waals surface area contributed by atoms with Gasteiger partial charge in [-0.15, -0.1) is 11.3 Å². The molecule has 0 amide bonds. The van der Waals surface area contributed by atoms with Gasteiger partial charge < -0.3 is 13.7 Å². The lowest BCUT2D eigenvalue weighted by Gasteiger charge is -2.26. The summed E-state index contributed by atoms with van der Waals surface area (Å²) >= 11 is 1.80. The van der Waals surface area contributed by atoms with Crippen molar-refractivity contribution in [2.75, 3.05) is 4.90 Å². The monoisotopic (exact) mass is 734 g/mol. The zero-order valence-corrected chi connectivity index (χ0v) is 30.8. The molecule has 0 radical (unpaired) electrons. The summed E-state index contributed by atoms with van der Waals surface area (Å²) in [5.41, 5.74) is 9.98. The Morgan fingerprint density at radius 3 is 2.00 bits per heavy atom. The van der Waals surface area contributed by atoms with Crippen LogP contribution in [0.2, 0.25) is 0 Å². The number of hydrogen-bond acceptors (Lipinski definition) is 5. The summed E-state index contributed by atoms with van der Waals surface area (Å²) in [6.45, 7) is 0. The summed E-state index contributed by atoms with van der Waals surface area (Å²) in [6, 6.07) is 64.5. The molecule has 0 N–H and O–H groups in total. The minimum atomic E-state index is 0.637. The molecule has 0 saturated carbocycles. The molecule has 12 aromatic rings. The van der Waals surface area contributed by atoms with Crippen molar-refractivity contribution in [1.29, 1.82) is 0 Å². The second kappa shape index (κ2) is 12.2. The van der Waals surface area contributed by atoms with E-state index < -0.39 is 0 Å². The second-order valence-electron chi connectivity index (χ2n) is 14.3. The molecule has 0 aliphatic carbocycles. The van der Waals surface area contributed by atoms with Gasteiger partial charge in [0.2, 0.25) is 5.89 Å². The van der Waals surface area contributed by atoms with Crippen LogP contribution in [0.25, 0.3) is 97.3 Å². The highest BCUT2D eigenvalue weighted by atomic mass is 32.1. The van der Waals surface area contributed by atoms with Crippen LogP contribution < -0.4 is 4.90 Å². The number of benzene rings is 9. The first-order chi connectivity index (χ1) is 27.7. The predicted molar refractivity (Wildman–Crippen MR) is 235 cm³/mol. The number of fused-ring (bicyclic) bond motifs is 11. The SMILES string of the molecule is c1ccc(-c2cccc(N(c3ccc4c(c3)sc3cccc(-c5nc6c(ccc7ccccc76)o5)c34)c3ccc4oc5ccc6ccccc6c5c4c3)c2)cc1. The Morgan fingerprint density at radius 1 is 0.411 bits per heavy atom. The van der Waals surface area contributed by atoms with Crippen LogP contribution in [-0.2, 0) is 0 Å². The average Bonchev–Trinajstić information content (AvgIpc) is 3.98. The lowest BCUT2D eigenvalue weighted by molar-refractivity contribution is 0.621. The van der Waals surface area contributed by atoms with E-state index in [1.165, 1.54) is 31.1 Å². The average molecular weight is 735 g/mol. The van der Waals surface area contributed by atoms with Gasteiger partial charge in [0.1, 0.15) is 16.7 Å². The fraction of sp³-hybridized carbons (Fsp3) is 0.